The molecule has 4 aliphatic rings. The number of Topliss-reactive ketones (excluding diaryl/α,β-unsaturated/α-hetero) is 2. The molecule has 0 aromatic heterocycles. The van der Waals surface area contributed by atoms with Gasteiger partial charge in [0.2, 0.25) is 11.6 Å². The summed E-state index contributed by atoms with van der Waals surface area (Å²) in [6, 6.07) is 0.0446. The molecule has 0 bridgehead atoms. The molecule has 31 heavy (non-hydrogen) atoms. The number of carbonyl (C=O) groups is 3. The van der Waals surface area contributed by atoms with Gasteiger partial charge in [-0.1, -0.05) is 0 Å². The number of piperazine rings is 1. The van der Waals surface area contributed by atoms with Crippen molar-refractivity contribution in [2.24, 2.45) is 11.7 Å². The van der Waals surface area contributed by atoms with Crippen LogP contribution in [0.15, 0.2) is 22.6 Å². The second kappa shape index (κ2) is 8.23. The summed E-state index contributed by atoms with van der Waals surface area (Å²) >= 11 is 0. The molecule has 4 rings (SSSR count). The first kappa shape index (κ1) is 21.8. The average Bonchev–Trinajstić information content (AvgIpc) is 3.35. The van der Waals surface area contributed by atoms with Crippen molar-refractivity contribution in [3.63, 3.8) is 0 Å². The Labute approximate surface area is 179 Å². The van der Waals surface area contributed by atoms with Crippen LogP contribution in [-0.4, -0.2) is 94.2 Å². The molecule has 1 amide bonds. The van der Waals surface area contributed by atoms with Gasteiger partial charge in [0.05, 0.1) is 37.5 Å². The predicted octanol–water partition coefficient (Wildman–Crippen LogP) is -0.930. The van der Waals surface area contributed by atoms with Crippen LogP contribution in [0.1, 0.15) is 6.92 Å². The van der Waals surface area contributed by atoms with Gasteiger partial charge in [-0.3, -0.25) is 9.59 Å². The Kier molecular flexibility index (Phi) is 5.77. The largest absolute Gasteiger partial charge is 0.487 e. The Balaban J connectivity index is 1.59. The lowest BCUT2D eigenvalue weighted by atomic mass is 9.83. The van der Waals surface area contributed by atoms with E-state index in [-0.39, 0.29) is 54.6 Å². The highest BCUT2D eigenvalue weighted by Crippen LogP contribution is 2.55. The zero-order valence-corrected chi connectivity index (χ0v) is 17.8. The van der Waals surface area contributed by atoms with Crippen molar-refractivity contribution in [2.45, 2.75) is 24.7 Å². The topological polar surface area (TPSA) is 149 Å². The van der Waals surface area contributed by atoms with E-state index in [9.17, 15) is 14.4 Å². The molecule has 3 N–H and O–H groups in total. The van der Waals surface area contributed by atoms with Crippen molar-refractivity contribution in [1.82, 2.24) is 10.2 Å². The number of ether oxygens (including phenoxy) is 5. The molecular weight excluding hydrogens is 410 g/mol. The Bertz CT molecular complexity index is 868. The van der Waals surface area contributed by atoms with E-state index >= 15 is 0 Å². The van der Waals surface area contributed by atoms with Gasteiger partial charge in [-0.05, 0) is 6.92 Å². The quantitative estimate of drug-likeness (QED) is 0.249. The van der Waals surface area contributed by atoms with Crippen LogP contribution in [0.4, 0.5) is 4.79 Å². The third-order valence-corrected chi connectivity index (χ3v) is 6.28. The molecule has 170 valence electrons. The van der Waals surface area contributed by atoms with E-state index in [0.29, 0.717) is 25.5 Å². The Morgan fingerprint density at radius 2 is 1.94 bits per heavy atom. The molecule has 1 aliphatic carbocycles. The van der Waals surface area contributed by atoms with E-state index < -0.39 is 23.5 Å². The minimum atomic E-state index is -1.00. The number of allylic oxidation sites excluding steroid dienone is 2. The van der Waals surface area contributed by atoms with Gasteiger partial charge < -0.3 is 39.6 Å². The number of fused-ring (bicyclic) bond motifs is 4. The van der Waals surface area contributed by atoms with Gasteiger partial charge in [-0.2, -0.15) is 0 Å². The van der Waals surface area contributed by atoms with Crippen LogP contribution in [0.5, 0.6) is 0 Å². The fourth-order valence-corrected chi connectivity index (χ4v) is 4.89. The van der Waals surface area contributed by atoms with Gasteiger partial charge in [0.15, 0.2) is 11.5 Å². The summed E-state index contributed by atoms with van der Waals surface area (Å²) < 4.78 is 26.9. The van der Waals surface area contributed by atoms with E-state index in [1.54, 1.807) is 14.0 Å². The Morgan fingerprint density at radius 3 is 2.61 bits per heavy atom. The zero-order valence-electron chi connectivity index (χ0n) is 17.8. The van der Waals surface area contributed by atoms with Crippen LogP contribution in [0.3, 0.4) is 0 Å². The second-order valence-corrected chi connectivity index (χ2v) is 7.83. The SMILES string of the molecule is COCCOCCOC1=C(C)C(=O)C2=C(C1=O)[C@@H](COC(N)=O)[C@@]1(OC)[C@H]3N[C@H]3CN21. The maximum absolute atomic E-state index is 13.5. The number of methoxy groups -OCH3 is 2. The maximum atomic E-state index is 13.5. The fraction of sp³-hybridized carbons (Fsp3) is 0.650. The van der Waals surface area contributed by atoms with Gasteiger partial charge in [0.1, 0.15) is 13.2 Å². The summed E-state index contributed by atoms with van der Waals surface area (Å²) in [4.78, 5) is 39.9. The van der Waals surface area contributed by atoms with Gasteiger partial charge in [-0.15, -0.1) is 0 Å². The number of nitrogens with one attached hydrogen (secondary N) is 1. The lowest BCUT2D eigenvalue weighted by Crippen LogP contribution is -2.55. The molecule has 11 nitrogen and oxygen atoms in total. The molecule has 11 heteroatoms. The standard InChI is InChI=1S/C20H27N3O8/c1-10-15(24)14-13(16(25)17(10)30-7-6-29-5-4-27-2)11(9-31-19(21)26)20(28-3)18-12(22-18)8-23(14)20/h11-12,18,22H,4-9H2,1-3H3,(H2,21,26)/t11-,12+,18+,20-/m1/s1. The first-order valence-electron chi connectivity index (χ1n) is 10.1. The van der Waals surface area contributed by atoms with Crippen LogP contribution in [-0.2, 0) is 33.3 Å². The monoisotopic (exact) mass is 437 g/mol. The summed E-state index contributed by atoms with van der Waals surface area (Å²) in [6.07, 6.45) is -0.962. The van der Waals surface area contributed by atoms with Crippen molar-refractivity contribution in [3.05, 3.63) is 22.6 Å². The summed E-state index contributed by atoms with van der Waals surface area (Å²) in [5.41, 5.74) is 4.93. The fourth-order valence-electron chi connectivity index (χ4n) is 4.89. The molecule has 2 saturated heterocycles. The van der Waals surface area contributed by atoms with Crippen LogP contribution in [0, 0.1) is 5.92 Å². The minimum Gasteiger partial charge on any atom is -0.487 e. The first-order valence-corrected chi connectivity index (χ1v) is 10.1. The molecule has 0 aromatic rings. The van der Waals surface area contributed by atoms with Crippen molar-refractivity contribution in [1.29, 1.82) is 0 Å². The van der Waals surface area contributed by atoms with E-state index in [0.717, 1.165) is 0 Å². The van der Waals surface area contributed by atoms with Gasteiger partial charge in [-0.25, -0.2) is 4.79 Å². The summed E-state index contributed by atoms with van der Waals surface area (Å²) in [6.45, 7) is 3.09. The molecule has 0 saturated carbocycles. The second-order valence-electron chi connectivity index (χ2n) is 7.83. The Hall–Kier alpha value is -2.47. The van der Waals surface area contributed by atoms with Crippen molar-refractivity contribution in [2.75, 3.05) is 53.8 Å². The number of ketones is 2. The van der Waals surface area contributed by atoms with Crippen LogP contribution in [0.25, 0.3) is 0 Å². The highest BCUT2D eigenvalue weighted by Gasteiger charge is 2.72. The summed E-state index contributed by atoms with van der Waals surface area (Å²) in [5, 5.41) is 3.31. The van der Waals surface area contributed by atoms with E-state index in [1.165, 1.54) is 7.11 Å². The van der Waals surface area contributed by atoms with E-state index in [2.05, 4.69) is 5.32 Å². The molecule has 0 spiro atoms. The number of hydrogen-bond acceptors (Lipinski definition) is 10. The molecule has 0 aromatic carbocycles. The molecule has 2 fully saturated rings. The number of hydrogen-bond donors (Lipinski definition) is 2. The van der Waals surface area contributed by atoms with Crippen LogP contribution in [0.2, 0.25) is 0 Å². The predicted molar refractivity (Wildman–Crippen MR) is 105 cm³/mol. The van der Waals surface area contributed by atoms with Gasteiger partial charge >= 0.3 is 6.09 Å². The normalized spacial score (nSPS) is 31.1. The highest BCUT2D eigenvalue weighted by molar-refractivity contribution is 6.25. The number of rotatable bonds is 10. The maximum Gasteiger partial charge on any atom is 0.404 e. The zero-order chi connectivity index (χ0) is 22.3. The van der Waals surface area contributed by atoms with E-state index in [1.807, 2.05) is 4.90 Å². The number of nitrogens with zero attached hydrogens (tertiary/aromatic N) is 1. The Morgan fingerprint density at radius 1 is 1.19 bits per heavy atom. The number of primary amides is 1. The third kappa shape index (κ3) is 3.32. The van der Waals surface area contributed by atoms with Gasteiger partial charge in [0, 0.05) is 38.0 Å². The number of nitrogens with two attached hydrogens (primary N) is 1. The summed E-state index contributed by atoms with van der Waals surface area (Å²) in [7, 11) is 3.10. The number of amides is 1. The highest BCUT2D eigenvalue weighted by atomic mass is 16.6. The van der Waals surface area contributed by atoms with Crippen molar-refractivity contribution >= 4 is 17.7 Å². The van der Waals surface area contributed by atoms with Crippen LogP contribution >= 0.6 is 0 Å². The first-order chi connectivity index (χ1) is 14.9. The molecule has 0 unspecified atom stereocenters. The smallest absolute Gasteiger partial charge is 0.404 e. The average molecular weight is 437 g/mol. The molecule has 3 heterocycles. The minimum absolute atomic E-state index is 0.0177. The molecule has 3 aliphatic heterocycles. The lowest BCUT2D eigenvalue weighted by Gasteiger charge is -2.39. The third-order valence-electron chi connectivity index (χ3n) is 6.28. The van der Waals surface area contributed by atoms with E-state index in [4.69, 9.17) is 29.4 Å². The summed E-state index contributed by atoms with van der Waals surface area (Å²) in [5.74, 6) is -1.42. The lowest BCUT2D eigenvalue weighted by molar-refractivity contribution is -0.137. The molecular formula is C20H27N3O8. The molecule has 4 atom stereocenters. The van der Waals surface area contributed by atoms with Crippen molar-refractivity contribution < 1.29 is 38.1 Å². The van der Waals surface area contributed by atoms with Crippen LogP contribution < -0.4 is 11.1 Å². The molecule has 0 radical (unpaired) electrons. The van der Waals surface area contributed by atoms with Gasteiger partial charge in [0.25, 0.3) is 0 Å². The number of carbonyl (C=O) groups excluding carboxylic acids is 3. The van der Waals surface area contributed by atoms with Crippen molar-refractivity contribution in [3.8, 4) is 0 Å².